The zero-order chi connectivity index (χ0) is 14.8. The van der Waals surface area contributed by atoms with Crippen molar-refractivity contribution in [3.05, 3.63) is 29.8 Å². The number of hydrogen-bond donors (Lipinski definition) is 2. The molecule has 0 radical (unpaired) electrons. The molecule has 5 nitrogen and oxygen atoms in total. The monoisotopic (exact) mass is 287 g/mol. The normalized spacial score (nSPS) is 14.7. The molecule has 1 atom stereocenters. The number of benzene rings is 1. The maximum absolute atomic E-state index is 12.2. The number of aliphatic hydroxyl groups is 2. The van der Waals surface area contributed by atoms with Gasteiger partial charge in [0.05, 0.1) is 16.6 Å². The summed E-state index contributed by atoms with van der Waals surface area (Å²) < 4.78 is 25.6. The zero-order valence-electron chi connectivity index (χ0n) is 11.7. The lowest BCUT2D eigenvalue weighted by Gasteiger charge is -2.25. The molecule has 2 N–H and O–H groups in total. The summed E-state index contributed by atoms with van der Waals surface area (Å²) in [7, 11) is -2.20. The third kappa shape index (κ3) is 4.28. The SMILES string of the molecule is CC(O)c1ccc(S(=O)(=O)N(C)CC(C)(C)O)cc1. The minimum atomic E-state index is -3.62. The molecule has 0 heterocycles. The maximum Gasteiger partial charge on any atom is 0.242 e. The number of sulfonamides is 1. The summed E-state index contributed by atoms with van der Waals surface area (Å²) in [5, 5.41) is 19.1. The summed E-state index contributed by atoms with van der Waals surface area (Å²) in [6.45, 7) is 4.72. The van der Waals surface area contributed by atoms with Gasteiger partial charge in [-0.3, -0.25) is 0 Å². The first-order chi connectivity index (χ1) is 8.54. The first-order valence-corrected chi connectivity index (χ1v) is 7.45. The Hall–Kier alpha value is -0.950. The van der Waals surface area contributed by atoms with Crippen molar-refractivity contribution in [1.82, 2.24) is 4.31 Å². The number of rotatable bonds is 5. The smallest absolute Gasteiger partial charge is 0.242 e. The molecule has 0 spiro atoms. The van der Waals surface area contributed by atoms with Crippen LogP contribution in [0.15, 0.2) is 29.2 Å². The van der Waals surface area contributed by atoms with Crippen molar-refractivity contribution in [2.45, 2.75) is 37.4 Å². The summed E-state index contributed by atoms with van der Waals surface area (Å²) in [6, 6.07) is 6.07. The Morgan fingerprint density at radius 1 is 1.26 bits per heavy atom. The van der Waals surface area contributed by atoms with Crippen molar-refractivity contribution in [2.75, 3.05) is 13.6 Å². The molecule has 0 saturated carbocycles. The van der Waals surface area contributed by atoms with Gasteiger partial charge in [0.15, 0.2) is 0 Å². The molecule has 1 rings (SSSR count). The number of nitrogens with zero attached hydrogens (tertiary/aromatic N) is 1. The second-order valence-corrected chi connectivity index (χ2v) is 7.36. The Kier molecular flexibility index (Phi) is 4.73. The highest BCUT2D eigenvalue weighted by atomic mass is 32.2. The molecule has 6 heteroatoms. The van der Waals surface area contributed by atoms with Crippen LogP contribution in [0.5, 0.6) is 0 Å². The van der Waals surface area contributed by atoms with Gasteiger partial charge in [-0.05, 0) is 38.5 Å². The van der Waals surface area contributed by atoms with Crippen molar-refractivity contribution in [3.63, 3.8) is 0 Å². The Morgan fingerprint density at radius 3 is 2.11 bits per heavy atom. The molecule has 1 aromatic carbocycles. The molecule has 0 fully saturated rings. The number of hydrogen-bond acceptors (Lipinski definition) is 4. The van der Waals surface area contributed by atoms with Gasteiger partial charge in [-0.15, -0.1) is 0 Å². The molecule has 0 aromatic heterocycles. The highest BCUT2D eigenvalue weighted by Gasteiger charge is 2.26. The van der Waals surface area contributed by atoms with Crippen LogP contribution in [-0.4, -0.2) is 42.1 Å². The van der Waals surface area contributed by atoms with Crippen molar-refractivity contribution in [2.24, 2.45) is 0 Å². The maximum atomic E-state index is 12.2. The van der Waals surface area contributed by atoms with E-state index in [2.05, 4.69) is 0 Å². The van der Waals surface area contributed by atoms with Gasteiger partial charge >= 0.3 is 0 Å². The lowest BCUT2D eigenvalue weighted by atomic mass is 10.1. The number of aliphatic hydroxyl groups excluding tert-OH is 1. The first kappa shape index (κ1) is 16.1. The van der Waals surface area contributed by atoms with Gasteiger partial charge in [0.1, 0.15) is 0 Å². The fourth-order valence-corrected chi connectivity index (χ4v) is 3.05. The van der Waals surface area contributed by atoms with Gasteiger partial charge in [0, 0.05) is 13.6 Å². The Morgan fingerprint density at radius 2 is 1.74 bits per heavy atom. The molecule has 1 unspecified atom stereocenters. The number of likely N-dealkylation sites (N-methyl/N-ethyl adjacent to an activating group) is 1. The molecule has 0 aliphatic heterocycles. The van der Waals surface area contributed by atoms with E-state index in [1.54, 1.807) is 32.9 Å². The van der Waals surface area contributed by atoms with Gasteiger partial charge in [-0.25, -0.2) is 8.42 Å². The molecular formula is C13H21NO4S. The predicted octanol–water partition coefficient (Wildman–Crippen LogP) is 1.13. The molecule has 19 heavy (non-hydrogen) atoms. The lowest BCUT2D eigenvalue weighted by Crippen LogP contribution is -2.39. The molecule has 108 valence electrons. The third-order valence-electron chi connectivity index (χ3n) is 2.68. The van der Waals surface area contributed by atoms with Crippen molar-refractivity contribution in [3.8, 4) is 0 Å². The van der Waals surface area contributed by atoms with Gasteiger partial charge in [0.2, 0.25) is 10.0 Å². The fraction of sp³-hybridized carbons (Fsp3) is 0.538. The van der Waals surface area contributed by atoms with E-state index in [9.17, 15) is 18.6 Å². The van der Waals surface area contributed by atoms with Crippen molar-refractivity contribution < 1.29 is 18.6 Å². The standard InChI is InChI=1S/C13H21NO4S/c1-10(15)11-5-7-12(8-6-11)19(17,18)14(4)9-13(2,3)16/h5-8,10,15-16H,9H2,1-4H3. The van der Waals surface area contributed by atoms with Gasteiger partial charge < -0.3 is 10.2 Å². The van der Waals surface area contributed by atoms with Gasteiger partial charge in [0.25, 0.3) is 0 Å². The van der Waals surface area contributed by atoms with E-state index in [-0.39, 0.29) is 11.4 Å². The average Bonchev–Trinajstić information content (AvgIpc) is 2.26. The quantitative estimate of drug-likeness (QED) is 0.851. The molecular weight excluding hydrogens is 266 g/mol. The highest BCUT2D eigenvalue weighted by molar-refractivity contribution is 7.89. The second-order valence-electron chi connectivity index (χ2n) is 5.32. The highest BCUT2D eigenvalue weighted by Crippen LogP contribution is 2.19. The van der Waals surface area contributed by atoms with Gasteiger partial charge in [-0.2, -0.15) is 4.31 Å². The van der Waals surface area contributed by atoms with E-state index in [0.29, 0.717) is 5.56 Å². The Balaban J connectivity index is 3.00. The minimum Gasteiger partial charge on any atom is -0.389 e. The van der Waals surface area contributed by atoms with Gasteiger partial charge in [-0.1, -0.05) is 12.1 Å². The largest absolute Gasteiger partial charge is 0.389 e. The Labute approximate surface area is 114 Å². The summed E-state index contributed by atoms with van der Waals surface area (Å²) in [6.07, 6.45) is -0.633. The minimum absolute atomic E-state index is 0.00743. The van der Waals surface area contributed by atoms with Crippen LogP contribution in [0.2, 0.25) is 0 Å². The van der Waals surface area contributed by atoms with Crippen LogP contribution in [0.1, 0.15) is 32.4 Å². The topological polar surface area (TPSA) is 77.8 Å². The lowest BCUT2D eigenvalue weighted by molar-refractivity contribution is 0.0640. The van der Waals surface area contributed by atoms with Crippen LogP contribution in [0, 0.1) is 0 Å². The van der Waals surface area contributed by atoms with Crippen molar-refractivity contribution in [1.29, 1.82) is 0 Å². The first-order valence-electron chi connectivity index (χ1n) is 6.01. The summed E-state index contributed by atoms with van der Waals surface area (Å²) in [4.78, 5) is 0.142. The van der Waals surface area contributed by atoms with Crippen LogP contribution in [0.3, 0.4) is 0 Å². The van der Waals surface area contributed by atoms with E-state index in [4.69, 9.17) is 0 Å². The molecule has 0 saturated heterocycles. The molecule has 1 aromatic rings. The molecule has 0 aliphatic rings. The summed E-state index contributed by atoms with van der Waals surface area (Å²) in [5.74, 6) is 0. The van der Waals surface area contributed by atoms with E-state index < -0.39 is 21.7 Å². The average molecular weight is 287 g/mol. The van der Waals surface area contributed by atoms with Crippen molar-refractivity contribution >= 4 is 10.0 Å². The summed E-state index contributed by atoms with van der Waals surface area (Å²) in [5.41, 5.74) is -0.439. The van der Waals surface area contributed by atoms with E-state index in [1.165, 1.54) is 19.2 Å². The molecule has 0 amide bonds. The Bertz CT molecular complexity index is 515. The van der Waals surface area contributed by atoms with E-state index in [1.807, 2.05) is 0 Å². The fourth-order valence-electron chi connectivity index (χ4n) is 1.73. The predicted molar refractivity (Wildman–Crippen MR) is 73.2 cm³/mol. The van der Waals surface area contributed by atoms with Crippen LogP contribution in [-0.2, 0) is 10.0 Å². The van der Waals surface area contributed by atoms with Crippen LogP contribution in [0.25, 0.3) is 0 Å². The molecule has 0 bridgehead atoms. The second kappa shape index (κ2) is 5.58. The molecule has 0 aliphatic carbocycles. The van der Waals surface area contributed by atoms with Crippen LogP contribution in [0.4, 0.5) is 0 Å². The zero-order valence-corrected chi connectivity index (χ0v) is 12.5. The van der Waals surface area contributed by atoms with Crippen LogP contribution >= 0.6 is 0 Å². The summed E-state index contributed by atoms with van der Waals surface area (Å²) >= 11 is 0. The van der Waals surface area contributed by atoms with E-state index >= 15 is 0 Å². The van der Waals surface area contributed by atoms with Crippen LogP contribution < -0.4 is 0 Å². The third-order valence-corrected chi connectivity index (χ3v) is 4.50. The van der Waals surface area contributed by atoms with E-state index in [0.717, 1.165) is 4.31 Å².